The Morgan fingerprint density at radius 2 is 1.55 bits per heavy atom. The number of likely N-dealkylation sites (N-methyl/N-ethyl adjacent to an activating group) is 1. The quantitative estimate of drug-likeness (QED) is 0.0276. The first-order valence-electron chi connectivity index (χ1n) is 31.1. The van der Waals surface area contributed by atoms with Gasteiger partial charge in [0.15, 0.2) is 23.5 Å². The van der Waals surface area contributed by atoms with E-state index >= 15 is 0 Å². The van der Waals surface area contributed by atoms with Crippen molar-refractivity contribution in [1.82, 2.24) is 25.4 Å². The van der Waals surface area contributed by atoms with Crippen LogP contribution in [0.5, 0.6) is 0 Å². The van der Waals surface area contributed by atoms with Gasteiger partial charge >= 0.3 is 11.9 Å². The van der Waals surface area contributed by atoms with E-state index in [0.29, 0.717) is 55.5 Å². The Kier molecular flexibility index (Phi) is 30.4. The first-order chi connectivity index (χ1) is 40.6. The summed E-state index contributed by atoms with van der Waals surface area (Å²) in [7, 11) is 3.69. The zero-order valence-electron chi connectivity index (χ0n) is 52.8. The van der Waals surface area contributed by atoms with Crippen LogP contribution in [0.2, 0.25) is 0 Å². The van der Waals surface area contributed by atoms with Gasteiger partial charge in [0.1, 0.15) is 22.3 Å². The van der Waals surface area contributed by atoms with E-state index in [2.05, 4.69) is 20.5 Å². The van der Waals surface area contributed by atoms with Crippen molar-refractivity contribution in [2.45, 2.75) is 219 Å². The Balaban J connectivity index is 1.44. The monoisotopic (exact) mass is 1230 g/mol. The van der Waals surface area contributed by atoms with Crippen LogP contribution in [0, 0.1) is 41.4 Å². The molecular weight excluding hydrogens is 1140 g/mol. The summed E-state index contributed by atoms with van der Waals surface area (Å²) in [5, 5.41) is 17.5. The van der Waals surface area contributed by atoms with E-state index in [1.54, 1.807) is 48.5 Å². The molecule has 2 aromatic rings. The summed E-state index contributed by atoms with van der Waals surface area (Å²) in [5.74, 6) is -6.60. The molecular formula is C65H98N6O13S2. The topological polar surface area (TPSA) is 287 Å². The number of piperidine rings is 1. The molecule has 1 aromatic heterocycles. The second-order valence-corrected chi connectivity index (χ2v) is 26.9. The Bertz CT molecular complexity index is 2640. The standard InChI is InChI=1S/C65H98N6O13S2/c1-12-40(6)49(34-56(76)52-23-18-19-29-70(52)9)64(81)71(10)53(39(4)5)35-57(84-42(8)72)63-69-51(37-86-63)62(80)67-45(30-41(7)65(82)83)31-43-25-27-44(28-26-43)32-55(75)50(22-16-17-24-59(66)77)68-61(79)48(38(2)3)33-46(73)20-14-13-15-21-47-54(74)36-58(85-11)60(47)78/h25-28,37-41,45,47-50,52-53,57-58H,12-24,29-36H2,1-11H3,(H2,66,77)(H,67,80)(H,68,79)(H,82,83)/t40-,41?,45+,47?,48-,49-,50-,52+,53+,57+,58?/m0/s1. The highest BCUT2D eigenvalue weighted by molar-refractivity contribution is 8.00. The maximum atomic E-state index is 14.5. The number of aliphatic carboxylic acids is 1. The fourth-order valence-corrected chi connectivity index (χ4v) is 13.4. The molecule has 0 radical (unpaired) electrons. The predicted molar refractivity (Wildman–Crippen MR) is 333 cm³/mol. The second kappa shape index (κ2) is 36.0. The number of carboxylic acid groups (broad SMARTS) is 1. The highest BCUT2D eigenvalue weighted by Gasteiger charge is 2.41. The number of nitrogens with one attached hydrogen (secondary N) is 2. The maximum Gasteiger partial charge on any atom is 0.306 e. The van der Waals surface area contributed by atoms with Gasteiger partial charge in [0.2, 0.25) is 17.7 Å². The minimum Gasteiger partial charge on any atom is -0.481 e. The van der Waals surface area contributed by atoms with Gasteiger partial charge in [-0.05, 0) is 100 Å². The van der Waals surface area contributed by atoms with Crippen LogP contribution >= 0.6 is 23.1 Å². The number of carbonyl (C=O) groups is 11. The SMILES string of the molecule is CC[C@H](C)[C@H](CC(=O)[C@H]1CCCCN1C)C(=O)N(C)[C@H](C[C@@H](OC(C)=O)c1nc(C(=O)N[C@@H](Cc2ccc(CC(=O)[C@H](CCCCC(N)=O)NC(=O)[C@@H](CC(=O)CCCCCC3C(=O)CC(SC)C3=O)C(C)C)cc2)CC(C)C(=O)O)cs1)C(C)C. The van der Waals surface area contributed by atoms with Gasteiger partial charge in [0.05, 0.1) is 29.2 Å². The van der Waals surface area contributed by atoms with E-state index in [1.807, 2.05) is 54.8 Å². The second-order valence-electron chi connectivity index (χ2n) is 24.9. The molecule has 3 unspecified atom stereocenters. The third-order valence-corrected chi connectivity index (χ3v) is 19.4. The minimum absolute atomic E-state index is 0.00480. The third kappa shape index (κ3) is 22.8. The van der Waals surface area contributed by atoms with Crippen molar-refractivity contribution in [3.05, 3.63) is 51.5 Å². The van der Waals surface area contributed by atoms with Crippen molar-refractivity contribution < 1.29 is 62.6 Å². The molecule has 2 heterocycles. The van der Waals surface area contributed by atoms with Crippen molar-refractivity contribution in [3.63, 3.8) is 0 Å². The molecule has 1 aliphatic heterocycles. The van der Waals surface area contributed by atoms with Crippen LogP contribution in [0.1, 0.15) is 204 Å². The van der Waals surface area contributed by atoms with E-state index < -0.39 is 77.6 Å². The summed E-state index contributed by atoms with van der Waals surface area (Å²) < 4.78 is 5.86. The molecule has 5 N–H and O–H groups in total. The smallest absolute Gasteiger partial charge is 0.306 e. The lowest BCUT2D eigenvalue weighted by molar-refractivity contribution is -0.150. The first kappa shape index (κ1) is 72.8. The number of unbranched alkanes of at least 4 members (excludes halogenated alkanes) is 3. The number of hydrogen-bond donors (Lipinski definition) is 4. The number of nitrogens with zero attached hydrogens (tertiary/aromatic N) is 3. The third-order valence-electron chi connectivity index (χ3n) is 17.5. The number of rotatable bonds is 39. The summed E-state index contributed by atoms with van der Waals surface area (Å²) in [6, 6.07) is 4.84. The highest BCUT2D eigenvalue weighted by atomic mass is 32.2. The van der Waals surface area contributed by atoms with Crippen molar-refractivity contribution in [2.24, 2.45) is 47.2 Å². The molecule has 2 aliphatic rings. The number of carboxylic acids is 1. The summed E-state index contributed by atoms with van der Waals surface area (Å²) in [5.41, 5.74) is 6.79. The molecule has 19 nitrogen and oxygen atoms in total. The van der Waals surface area contributed by atoms with Crippen LogP contribution in [-0.4, -0.2) is 141 Å². The number of esters is 1. The summed E-state index contributed by atoms with van der Waals surface area (Å²) in [6.07, 6.45) is 8.99. The lowest BCUT2D eigenvalue weighted by atomic mass is 9.83. The number of thiazole rings is 1. The maximum absolute atomic E-state index is 14.5. The number of likely N-dealkylation sites (tertiary alicyclic amines) is 1. The van der Waals surface area contributed by atoms with Gasteiger partial charge in [-0.15, -0.1) is 11.3 Å². The van der Waals surface area contributed by atoms with Gasteiger partial charge in [0, 0.05) is 88.2 Å². The Morgan fingerprint density at radius 1 is 0.872 bits per heavy atom. The highest BCUT2D eigenvalue weighted by Crippen LogP contribution is 2.34. The van der Waals surface area contributed by atoms with E-state index in [9.17, 15) is 57.8 Å². The average Bonchev–Trinajstić information content (AvgIpc) is 3.96. The minimum atomic E-state index is -1.05. The number of nitrogens with two attached hydrogens (primary N) is 1. The molecule has 21 heteroatoms. The normalized spacial score (nSPS) is 19.2. The van der Waals surface area contributed by atoms with E-state index in [4.69, 9.17) is 10.5 Å². The number of carbonyl (C=O) groups excluding carboxylic acids is 10. The summed E-state index contributed by atoms with van der Waals surface area (Å²) in [6.45, 7) is 15.3. The molecule has 4 rings (SSSR count). The number of ether oxygens (including phenoxy) is 1. The number of primary amides is 1. The predicted octanol–water partition coefficient (Wildman–Crippen LogP) is 8.89. The number of aromatic nitrogens is 1. The van der Waals surface area contributed by atoms with Crippen LogP contribution in [0.3, 0.4) is 0 Å². The lowest BCUT2D eigenvalue weighted by Gasteiger charge is -2.37. The molecule has 86 heavy (non-hydrogen) atoms. The number of ketones is 5. The van der Waals surface area contributed by atoms with Crippen LogP contribution in [0.25, 0.3) is 0 Å². The fourth-order valence-electron chi connectivity index (χ4n) is 11.9. The summed E-state index contributed by atoms with van der Waals surface area (Å²) >= 11 is 2.53. The van der Waals surface area contributed by atoms with Crippen LogP contribution in [-0.2, 0) is 65.5 Å². The molecule has 0 spiro atoms. The molecule has 478 valence electrons. The molecule has 1 saturated carbocycles. The number of amides is 4. The zero-order chi connectivity index (χ0) is 63.9. The van der Waals surface area contributed by atoms with Crippen molar-refractivity contribution in [1.29, 1.82) is 0 Å². The molecule has 2 fully saturated rings. The first-order valence-corrected chi connectivity index (χ1v) is 33.3. The van der Waals surface area contributed by atoms with Crippen LogP contribution < -0.4 is 16.4 Å². The van der Waals surface area contributed by atoms with Crippen LogP contribution in [0.15, 0.2) is 29.6 Å². The van der Waals surface area contributed by atoms with E-state index in [1.165, 1.54) is 18.7 Å². The van der Waals surface area contributed by atoms with E-state index in [-0.39, 0.29) is 134 Å². The number of Topliss-reactive ketones (excluding diaryl/α,β-unsaturated/α-hetero) is 5. The Labute approximate surface area is 518 Å². The van der Waals surface area contributed by atoms with Gasteiger partial charge in [-0.2, -0.15) is 11.8 Å². The molecule has 1 aliphatic carbocycles. The molecule has 11 atom stereocenters. The van der Waals surface area contributed by atoms with Crippen molar-refractivity contribution >= 4 is 87.6 Å². The van der Waals surface area contributed by atoms with Gasteiger partial charge < -0.3 is 31.1 Å². The number of benzene rings is 1. The zero-order valence-corrected chi connectivity index (χ0v) is 54.5. The van der Waals surface area contributed by atoms with Crippen molar-refractivity contribution in [3.8, 4) is 0 Å². The summed E-state index contributed by atoms with van der Waals surface area (Å²) in [4.78, 5) is 153. The van der Waals surface area contributed by atoms with Crippen LogP contribution in [0.4, 0.5) is 0 Å². The fraction of sp³-hybridized carbons (Fsp3) is 0.692. The lowest BCUT2D eigenvalue weighted by Crippen LogP contribution is -2.48. The van der Waals surface area contributed by atoms with Gasteiger partial charge in [-0.25, -0.2) is 4.98 Å². The molecule has 0 bridgehead atoms. The number of thioether (sulfide) groups is 1. The molecule has 4 amide bonds. The van der Waals surface area contributed by atoms with Gasteiger partial charge in [-0.3, -0.25) is 57.6 Å². The Morgan fingerprint density at radius 3 is 2.14 bits per heavy atom. The van der Waals surface area contributed by atoms with E-state index in [0.717, 1.165) is 42.7 Å². The number of hydrogen-bond acceptors (Lipinski definition) is 16. The molecule has 1 saturated heterocycles. The molecule has 1 aromatic carbocycles. The van der Waals surface area contributed by atoms with Crippen molar-refractivity contribution in [2.75, 3.05) is 26.9 Å². The average molecular weight is 1240 g/mol. The van der Waals surface area contributed by atoms with Gasteiger partial charge in [0.25, 0.3) is 5.91 Å². The largest absolute Gasteiger partial charge is 0.481 e. The van der Waals surface area contributed by atoms with Gasteiger partial charge in [-0.1, -0.05) is 105 Å². The Hall–Kier alpha value is -5.67.